The summed E-state index contributed by atoms with van der Waals surface area (Å²) in [6.45, 7) is 16.7. The van der Waals surface area contributed by atoms with Gasteiger partial charge in [-0.1, -0.05) is 44.5 Å². The number of halogens is 1. The van der Waals surface area contributed by atoms with Gasteiger partial charge in [0.15, 0.2) is 0 Å². The molecule has 218 valence electrons. The van der Waals surface area contributed by atoms with Crippen LogP contribution in [0.5, 0.6) is 0 Å². The fourth-order valence-electron chi connectivity index (χ4n) is 7.13. The molecule has 9 heteroatoms. The Morgan fingerprint density at radius 1 is 1.18 bits per heavy atom. The van der Waals surface area contributed by atoms with Gasteiger partial charge in [-0.3, -0.25) is 14.4 Å². The molecular weight excluding hydrogens is 546 g/mol. The first kappa shape index (κ1) is 30.7. The van der Waals surface area contributed by atoms with Crippen molar-refractivity contribution in [1.29, 1.82) is 0 Å². The number of fused-ring (bicyclic) bond motifs is 1. The van der Waals surface area contributed by atoms with Crippen molar-refractivity contribution in [2.45, 2.75) is 68.5 Å². The maximum Gasteiger partial charge on any atom is 0.251 e. The fourth-order valence-corrected chi connectivity index (χ4v) is 9.59. The molecule has 3 amide bonds. The number of benzene rings is 1. The number of hydrogen-bond acceptors (Lipinski definition) is 5. The molecule has 4 rings (SSSR count). The predicted octanol–water partition coefficient (Wildman–Crippen LogP) is 4.78. The molecule has 1 aromatic carbocycles. The molecule has 2 unspecified atom stereocenters. The zero-order valence-corrected chi connectivity index (χ0v) is 25.6. The highest BCUT2D eigenvalue weighted by molar-refractivity contribution is 8.02. The van der Waals surface area contributed by atoms with Crippen LogP contribution in [0.4, 0.5) is 5.69 Å². The Hall–Kier alpha value is -2.29. The summed E-state index contributed by atoms with van der Waals surface area (Å²) in [6, 6.07) is 5.66. The van der Waals surface area contributed by atoms with Gasteiger partial charge in [0.25, 0.3) is 5.91 Å². The molecule has 0 radical (unpaired) electrons. The Morgan fingerprint density at radius 2 is 1.82 bits per heavy atom. The monoisotopic (exact) mass is 587 g/mol. The normalized spacial score (nSPS) is 29.4. The van der Waals surface area contributed by atoms with Crippen molar-refractivity contribution in [1.82, 2.24) is 9.80 Å². The molecule has 1 spiro atoms. The van der Waals surface area contributed by atoms with Crippen LogP contribution in [0.3, 0.4) is 0 Å². The average molecular weight is 588 g/mol. The number of likely N-dealkylation sites (tertiary alicyclic amines) is 1. The fraction of sp³-hybridized carbons (Fsp3) is 0.581. The molecule has 6 atom stereocenters. The number of aliphatic hydroxyl groups excluding tert-OH is 1. The second kappa shape index (κ2) is 11.9. The number of nitrogens with zero attached hydrogens (tertiary/aromatic N) is 3. The third kappa shape index (κ3) is 4.90. The zero-order valence-electron chi connectivity index (χ0n) is 24.0. The first-order valence-electron chi connectivity index (χ1n) is 14.2. The van der Waals surface area contributed by atoms with Crippen molar-refractivity contribution in [3.63, 3.8) is 0 Å². The number of rotatable bonds is 12. The quantitative estimate of drug-likeness (QED) is 0.356. The van der Waals surface area contributed by atoms with Gasteiger partial charge in [0.2, 0.25) is 11.8 Å². The molecule has 7 nitrogen and oxygen atoms in total. The van der Waals surface area contributed by atoms with E-state index in [-0.39, 0.29) is 36.8 Å². The molecule has 3 aliphatic rings. The second-order valence-corrected chi connectivity index (χ2v) is 14.1. The van der Waals surface area contributed by atoms with Gasteiger partial charge in [-0.2, -0.15) is 0 Å². The first-order chi connectivity index (χ1) is 19.0. The Balaban J connectivity index is 1.86. The van der Waals surface area contributed by atoms with Crippen LogP contribution in [0.2, 0.25) is 5.02 Å². The molecule has 40 heavy (non-hydrogen) atoms. The molecule has 1 N–H and O–H groups in total. The topological polar surface area (TPSA) is 81.2 Å². The van der Waals surface area contributed by atoms with Crippen LogP contribution < -0.4 is 4.90 Å². The molecule has 0 aromatic heterocycles. The van der Waals surface area contributed by atoms with Crippen molar-refractivity contribution in [3.8, 4) is 0 Å². The molecule has 3 heterocycles. The van der Waals surface area contributed by atoms with Crippen LogP contribution in [-0.2, 0) is 14.4 Å². The van der Waals surface area contributed by atoms with E-state index in [4.69, 9.17) is 11.6 Å². The van der Waals surface area contributed by atoms with Crippen molar-refractivity contribution >= 4 is 46.8 Å². The molecule has 1 aromatic rings. The predicted molar refractivity (Wildman–Crippen MR) is 162 cm³/mol. The maximum atomic E-state index is 14.7. The number of aliphatic hydroxyl groups is 1. The molecular formula is C31H42ClN3O4S. The van der Waals surface area contributed by atoms with E-state index in [2.05, 4.69) is 20.1 Å². The van der Waals surface area contributed by atoms with E-state index in [0.29, 0.717) is 30.2 Å². The van der Waals surface area contributed by atoms with Crippen LogP contribution in [0.1, 0.15) is 47.0 Å². The molecule has 3 aliphatic heterocycles. The highest BCUT2D eigenvalue weighted by Gasteiger charge is 2.78. The minimum Gasteiger partial charge on any atom is -0.394 e. The van der Waals surface area contributed by atoms with Crippen LogP contribution in [-0.4, -0.2) is 80.4 Å². The van der Waals surface area contributed by atoms with Crippen LogP contribution in [0, 0.1) is 17.8 Å². The molecule has 0 aliphatic carbocycles. The molecule has 3 saturated heterocycles. The summed E-state index contributed by atoms with van der Waals surface area (Å²) in [4.78, 5) is 48.5. The lowest BCUT2D eigenvalue weighted by Gasteiger charge is -2.40. The van der Waals surface area contributed by atoms with Crippen LogP contribution in [0.25, 0.3) is 0 Å². The van der Waals surface area contributed by atoms with Gasteiger partial charge in [-0.25, -0.2) is 0 Å². The minimum atomic E-state index is -0.830. The van der Waals surface area contributed by atoms with E-state index >= 15 is 0 Å². The summed E-state index contributed by atoms with van der Waals surface area (Å²) in [5, 5.41) is 11.1. The largest absolute Gasteiger partial charge is 0.394 e. The highest BCUT2D eigenvalue weighted by atomic mass is 35.5. The lowest BCUT2D eigenvalue weighted by atomic mass is 9.66. The summed E-state index contributed by atoms with van der Waals surface area (Å²) in [7, 11) is 0. The number of anilines is 1. The second-order valence-electron chi connectivity index (χ2n) is 11.8. The van der Waals surface area contributed by atoms with Crippen LogP contribution in [0.15, 0.2) is 49.6 Å². The van der Waals surface area contributed by atoms with E-state index in [0.717, 1.165) is 12.8 Å². The molecule has 2 bridgehead atoms. The van der Waals surface area contributed by atoms with Crippen LogP contribution >= 0.6 is 23.4 Å². The van der Waals surface area contributed by atoms with Crippen molar-refractivity contribution in [2.24, 2.45) is 17.8 Å². The average Bonchev–Trinajstić information content (AvgIpc) is 3.48. The Labute approximate surface area is 247 Å². The molecule has 0 saturated carbocycles. The summed E-state index contributed by atoms with van der Waals surface area (Å²) in [5.41, 5.74) is 0.656. The third-order valence-corrected chi connectivity index (χ3v) is 11.1. The van der Waals surface area contributed by atoms with E-state index in [1.54, 1.807) is 62.9 Å². The van der Waals surface area contributed by atoms with Crippen molar-refractivity contribution in [3.05, 3.63) is 54.6 Å². The lowest BCUT2D eigenvalue weighted by molar-refractivity contribution is -0.147. The van der Waals surface area contributed by atoms with Gasteiger partial charge >= 0.3 is 0 Å². The van der Waals surface area contributed by atoms with Gasteiger partial charge in [-0.05, 0) is 56.4 Å². The summed E-state index contributed by atoms with van der Waals surface area (Å²) < 4.78 is -1.24. The smallest absolute Gasteiger partial charge is 0.251 e. The minimum absolute atomic E-state index is 0.0459. The number of thioether (sulfide) groups is 1. The Kier molecular flexibility index (Phi) is 9.13. The number of carbonyl (C=O) groups excluding carboxylic acids is 3. The number of hydrogen-bond donors (Lipinski definition) is 1. The highest BCUT2D eigenvalue weighted by Crippen LogP contribution is 2.72. The standard InChI is InChI=1S/C31H42ClN3O4S/c1-7-16-33(17-8-2)27(37)24-25-28(38)35(23(19-36)20(4)5)26(31(25)15-14-30(24,6)40-31)29(39)34(18-9-3)22-12-10-21(32)11-13-22/h7,9-13,20,23-26,36H,1,3,8,14-19H2,2,4-6H3/t23-,24+,25-,26?,30-,31?/m0/s1. The van der Waals surface area contributed by atoms with Gasteiger partial charge in [0.05, 0.1) is 29.2 Å². The van der Waals surface area contributed by atoms with Gasteiger partial charge in [-0.15, -0.1) is 24.9 Å². The Morgan fingerprint density at radius 3 is 2.38 bits per heavy atom. The summed E-state index contributed by atoms with van der Waals surface area (Å²) >= 11 is 7.79. The first-order valence-corrected chi connectivity index (χ1v) is 15.4. The third-order valence-electron chi connectivity index (χ3n) is 8.90. The van der Waals surface area contributed by atoms with Crippen molar-refractivity contribution in [2.75, 3.05) is 31.1 Å². The summed E-state index contributed by atoms with van der Waals surface area (Å²) in [5.74, 6) is -1.77. The van der Waals surface area contributed by atoms with Gasteiger partial charge in [0.1, 0.15) is 6.04 Å². The maximum absolute atomic E-state index is 14.7. The van der Waals surface area contributed by atoms with Gasteiger partial charge < -0.3 is 19.8 Å². The lowest BCUT2D eigenvalue weighted by Crippen LogP contribution is -2.58. The number of amides is 3. The van der Waals surface area contributed by atoms with E-state index < -0.39 is 33.4 Å². The van der Waals surface area contributed by atoms with E-state index in [1.165, 1.54) is 0 Å². The van der Waals surface area contributed by atoms with E-state index in [9.17, 15) is 19.5 Å². The van der Waals surface area contributed by atoms with Crippen molar-refractivity contribution < 1.29 is 19.5 Å². The molecule has 3 fully saturated rings. The summed E-state index contributed by atoms with van der Waals surface area (Å²) in [6.07, 6.45) is 5.57. The van der Waals surface area contributed by atoms with Gasteiger partial charge in [0, 0.05) is 35.1 Å². The van der Waals surface area contributed by atoms with E-state index in [1.807, 2.05) is 20.8 Å². The number of carbonyl (C=O) groups is 3. The Bertz CT molecular complexity index is 1160. The zero-order chi connectivity index (χ0) is 29.4. The SMILES string of the molecule is C=CCN(CCC)C(=O)[C@H]1[C@H]2C(=O)N([C@@H](CO)C(C)C)C(C(=O)N(CC=C)c3ccc(Cl)cc3)C23CC[C@]1(C)S3.